The molecule has 0 amide bonds. The molecule has 1 aliphatic rings. The molecule has 0 N–H and O–H groups in total. The number of halogens is 3. The predicted molar refractivity (Wildman–Crippen MR) is 82.5 cm³/mol. The van der Waals surface area contributed by atoms with Crippen LogP contribution in [0.5, 0.6) is 0 Å². The van der Waals surface area contributed by atoms with E-state index in [1.165, 1.54) is 24.8 Å². The molecule has 0 aromatic heterocycles. The molecular formula is C14H18BrCl2N. The molecule has 4 heteroatoms. The Morgan fingerprint density at radius 1 is 1.33 bits per heavy atom. The van der Waals surface area contributed by atoms with Gasteiger partial charge in [0.15, 0.2) is 0 Å². The Kier molecular flexibility index (Phi) is 5.81. The summed E-state index contributed by atoms with van der Waals surface area (Å²) in [6.45, 7) is 2.01. The highest BCUT2D eigenvalue weighted by Crippen LogP contribution is 2.29. The molecule has 1 aromatic carbocycles. The lowest BCUT2D eigenvalue weighted by molar-refractivity contribution is 0.120. The molecule has 0 aliphatic heterocycles. The van der Waals surface area contributed by atoms with Crippen molar-refractivity contribution < 1.29 is 0 Å². The Bertz CT molecular complexity index is 393. The van der Waals surface area contributed by atoms with Crippen LogP contribution in [0.2, 0.25) is 5.02 Å². The molecule has 1 fully saturated rings. The molecule has 0 bridgehead atoms. The Hall–Kier alpha value is 0.240. The summed E-state index contributed by atoms with van der Waals surface area (Å²) in [5.74, 6) is 0.733. The summed E-state index contributed by atoms with van der Waals surface area (Å²) < 4.78 is 1.03. The van der Waals surface area contributed by atoms with Crippen molar-refractivity contribution in [3.8, 4) is 0 Å². The van der Waals surface area contributed by atoms with Crippen molar-refractivity contribution in [1.82, 2.24) is 4.90 Å². The fraction of sp³-hybridized carbons (Fsp3) is 0.571. The zero-order chi connectivity index (χ0) is 13.0. The molecule has 18 heavy (non-hydrogen) atoms. The molecule has 1 saturated carbocycles. The van der Waals surface area contributed by atoms with Gasteiger partial charge in [-0.2, -0.15) is 0 Å². The van der Waals surface area contributed by atoms with Crippen molar-refractivity contribution in [2.75, 3.05) is 12.4 Å². The predicted octanol–water partition coefficient (Wildman–Crippen LogP) is 5.09. The second-order valence-electron chi connectivity index (χ2n) is 4.83. The molecule has 0 unspecified atom stereocenters. The standard InChI is InChI=1S/C14H18BrCl2N/c15-12-6-5-11(14(17)9-12)10-18(8-2-7-16)13-3-1-4-13/h5-6,9,13H,1-4,7-8,10H2. The van der Waals surface area contributed by atoms with E-state index in [9.17, 15) is 0 Å². The highest BCUT2D eigenvalue weighted by Gasteiger charge is 2.24. The van der Waals surface area contributed by atoms with Crippen LogP contribution in [0.4, 0.5) is 0 Å². The zero-order valence-corrected chi connectivity index (χ0v) is 13.4. The van der Waals surface area contributed by atoms with E-state index < -0.39 is 0 Å². The molecule has 0 heterocycles. The normalized spacial score (nSPS) is 16.0. The van der Waals surface area contributed by atoms with Gasteiger partial charge in [-0.25, -0.2) is 0 Å². The molecule has 0 saturated heterocycles. The third-order valence-electron chi connectivity index (χ3n) is 3.56. The number of hydrogen-bond acceptors (Lipinski definition) is 1. The zero-order valence-electron chi connectivity index (χ0n) is 10.3. The van der Waals surface area contributed by atoms with Gasteiger partial charge in [0, 0.05) is 28.0 Å². The third-order valence-corrected chi connectivity index (χ3v) is 4.67. The van der Waals surface area contributed by atoms with Gasteiger partial charge in [0.25, 0.3) is 0 Å². The lowest BCUT2D eigenvalue weighted by Crippen LogP contribution is -2.40. The van der Waals surface area contributed by atoms with E-state index >= 15 is 0 Å². The highest BCUT2D eigenvalue weighted by atomic mass is 79.9. The van der Waals surface area contributed by atoms with E-state index in [1.54, 1.807) is 0 Å². The third kappa shape index (κ3) is 3.86. The maximum atomic E-state index is 6.29. The topological polar surface area (TPSA) is 3.24 Å². The molecular weight excluding hydrogens is 333 g/mol. The van der Waals surface area contributed by atoms with Gasteiger partial charge >= 0.3 is 0 Å². The first-order valence-electron chi connectivity index (χ1n) is 6.44. The second kappa shape index (κ2) is 7.14. The average molecular weight is 351 g/mol. The summed E-state index contributed by atoms with van der Waals surface area (Å²) in [5, 5.41) is 0.847. The second-order valence-corrected chi connectivity index (χ2v) is 6.53. The van der Waals surface area contributed by atoms with Crippen LogP contribution in [0.3, 0.4) is 0 Å². The van der Waals surface area contributed by atoms with E-state index in [2.05, 4.69) is 33.0 Å². The molecule has 0 spiro atoms. The number of nitrogens with zero attached hydrogens (tertiary/aromatic N) is 1. The summed E-state index contributed by atoms with van der Waals surface area (Å²) in [6.07, 6.45) is 5.04. The minimum atomic E-state index is 0.730. The van der Waals surface area contributed by atoms with E-state index in [0.29, 0.717) is 0 Å². The monoisotopic (exact) mass is 349 g/mol. The quantitative estimate of drug-likeness (QED) is 0.646. The van der Waals surface area contributed by atoms with Gasteiger partial charge < -0.3 is 0 Å². The van der Waals surface area contributed by atoms with Crippen LogP contribution in [0, 0.1) is 0 Å². The van der Waals surface area contributed by atoms with Crippen molar-refractivity contribution in [2.24, 2.45) is 0 Å². The van der Waals surface area contributed by atoms with Crippen molar-refractivity contribution in [2.45, 2.75) is 38.3 Å². The fourth-order valence-corrected chi connectivity index (χ4v) is 3.13. The van der Waals surface area contributed by atoms with E-state index in [1.807, 2.05) is 6.07 Å². The van der Waals surface area contributed by atoms with Gasteiger partial charge in [-0.3, -0.25) is 4.90 Å². The first-order valence-corrected chi connectivity index (χ1v) is 8.15. The molecule has 2 rings (SSSR count). The smallest absolute Gasteiger partial charge is 0.0462 e. The fourth-order valence-electron chi connectivity index (χ4n) is 2.27. The van der Waals surface area contributed by atoms with Crippen LogP contribution in [-0.4, -0.2) is 23.4 Å². The van der Waals surface area contributed by atoms with E-state index in [0.717, 1.165) is 40.9 Å². The lowest BCUT2D eigenvalue weighted by atomic mass is 9.91. The van der Waals surface area contributed by atoms with Crippen LogP contribution >= 0.6 is 39.1 Å². The number of alkyl halides is 1. The molecule has 0 atom stereocenters. The van der Waals surface area contributed by atoms with Gasteiger partial charge in [-0.15, -0.1) is 11.6 Å². The van der Waals surface area contributed by atoms with E-state index in [-0.39, 0.29) is 0 Å². The Balaban J connectivity index is 2.02. The maximum Gasteiger partial charge on any atom is 0.0462 e. The summed E-state index contributed by atoms with van der Waals surface area (Å²) in [4.78, 5) is 2.53. The molecule has 0 radical (unpaired) electrons. The van der Waals surface area contributed by atoms with Crippen molar-refractivity contribution >= 4 is 39.1 Å². The lowest BCUT2D eigenvalue weighted by Gasteiger charge is -2.37. The van der Waals surface area contributed by atoms with Gasteiger partial charge in [0.05, 0.1) is 0 Å². The SMILES string of the molecule is ClCCCN(Cc1ccc(Br)cc1Cl)C1CCC1. The van der Waals surface area contributed by atoms with Gasteiger partial charge in [-0.05, 0) is 43.5 Å². The minimum Gasteiger partial charge on any atom is -0.296 e. The Morgan fingerprint density at radius 2 is 2.11 bits per heavy atom. The number of rotatable bonds is 6. The minimum absolute atomic E-state index is 0.730. The van der Waals surface area contributed by atoms with Crippen molar-refractivity contribution in [3.05, 3.63) is 33.3 Å². The Labute approximate surface area is 128 Å². The van der Waals surface area contributed by atoms with Gasteiger partial charge in [0.1, 0.15) is 0 Å². The van der Waals surface area contributed by atoms with Gasteiger partial charge in [0.2, 0.25) is 0 Å². The van der Waals surface area contributed by atoms with Crippen LogP contribution in [0.15, 0.2) is 22.7 Å². The van der Waals surface area contributed by atoms with Gasteiger partial charge in [-0.1, -0.05) is 40.0 Å². The Morgan fingerprint density at radius 3 is 2.67 bits per heavy atom. The van der Waals surface area contributed by atoms with Crippen LogP contribution in [0.25, 0.3) is 0 Å². The van der Waals surface area contributed by atoms with Crippen molar-refractivity contribution in [3.63, 3.8) is 0 Å². The number of benzene rings is 1. The first-order chi connectivity index (χ1) is 8.70. The average Bonchev–Trinajstić information content (AvgIpc) is 2.27. The highest BCUT2D eigenvalue weighted by molar-refractivity contribution is 9.10. The largest absolute Gasteiger partial charge is 0.296 e. The molecule has 1 nitrogen and oxygen atoms in total. The summed E-state index contributed by atoms with van der Waals surface area (Å²) in [6, 6.07) is 6.87. The van der Waals surface area contributed by atoms with E-state index in [4.69, 9.17) is 23.2 Å². The van der Waals surface area contributed by atoms with Crippen molar-refractivity contribution in [1.29, 1.82) is 0 Å². The molecule has 1 aliphatic carbocycles. The van der Waals surface area contributed by atoms with Crippen LogP contribution in [-0.2, 0) is 6.54 Å². The van der Waals surface area contributed by atoms with Crippen LogP contribution < -0.4 is 0 Å². The summed E-state index contributed by atoms with van der Waals surface area (Å²) in [7, 11) is 0. The number of hydrogen-bond donors (Lipinski definition) is 0. The molecule has 100 valence electrons. The molecule has 1 aromatic rings. The summed E-state index contributed by atoms with van der Waals surface area (Å²) >= 11 is 15.5. The maximum absolute atomic E-state index is 6.29. The first kappa shape index (κ1) is 14.6. The van der Waals surface area contributed by atoms with Crippen LogP contribution in [0.1, 0.15) is 31.2 Å². The summed E-state index contributed by atoms with van der Waals surface area (Å²) in [5.41, 5.74) is 1.21.